The molecule has 1 aliphatic heterocycles. The van der Waals surface area contributed by atoms with Crippen LogP contribution in [0.25, 0.3) is 16.3 Å². The van der Waals surface area contributed by atoms with Crippen molar-refractivity contribution < 1.29 is 28.6 Å². The summed E-state index contributed by atoms with van der Waals surface area (Å²) in [6, 6.07) is 11.7. The van der Waals surface area contributed by atoms with Crippen LogP contribution in [0.4, 0.5) is 10.1 Å². The zero-order chi connectivity index (χ0) is 24.1. The number of nitrogens with zero attached hydrogens (tertiary/aromatic N) is 2. The summed E-state index contributed by atoms with van der Waals surface area (Å²) in [4.78, 5) is 3.11. The van der Waals surface area contributed by atoms with Crippen LogP contribution < -0.4 is 18.9 Å². The number of rotatable bonds is 10. The second-order valence-corrected chi connectivity index (χ2v) is 9.79. The summed E-state index contributed by atoms with van der Waals surface area (Å²) in [7, 11) is 1.65. The molecule has 2 N–H and O–H groups in total. The zero-order valence-corrected chi connectivity index (χ0v) is 20.8. The van der Waals surface area contributed by atoms with Gasteiger partial charge in [0.15, 0.2) is 6.54 Å². The van der Waals surface area contributed by atoms with Gasteiger partial charge in [0, 0.05) is 23.6 Å². The SMILES string of the molecule is COc1ccc2sc(C=C(C)C=C3Sc4ccc(OCCF)cc4N3CCO)[n+](CCO)c2c1. The molecule has 4 rings (SSSR count). The largest absolute Gasteiger partial charge is 0.497 e. The first kappa shape index (κ1) is 24.5. The van der Waals surface area contributed by atoms with Crippen molar-refractivity contribution in [3.63, 3.8) is 0 Å². The second-order valence-electron chi connectivity index (χ2n) is 7.66. The first-order chi connectivity index (χ1) is 16.6. The molecule has 1 aromatic heterocycles. The standard InChI is InChI=1S/C25H28FN2O4S2/c1-17(13-24-27(8-10-29)20-15-18(31-2)3-5-22(20)33-24)14-25-28(9-11-30)21-16-19(32-12-7-26)4-6-23(21)34-25/h3-6,13-16,29-30H,7-12H2,1-2H3/q+1. The molecule has 34 heavy (non-hydrogen) atoms. The van der Waals surface area contributed by atoms with Crippen molar-refractivity contribution in [3.05, 3.63) is 58.1 Å². The van der Waals surface area contributed by atoms with Gasteiger partial charge in [0.1, 0.15) is 36.1 Å². The highest BCUT2D eigenvalue weighted by atomic mass is 32.2. The number of thiazole rings is 1. The predicted octanol–water partition coefficient (Wildman–Crippen LogP) is 4.39. The maximum absolute atomic E-state index is 12.5. The van der Waals surface area contributed by atoms with Crippen molar-refractivity contribution in [2.45, 2.75) is 18.4 Å². The molecular formula is C25H28FN2O4S2+. The number of ether oxygens (including phenoxy) is 2. The van der Waals surface area contributed by atoms with E-state index in [0.717, 1.165) is 42.2 Å². The Labute approximate surface area is 206 Å². The van der Waals surface area contributed by atoms with Crippen molar-refractivity contribution in [1.29, 1.82) is 0 Å². The van der Waals surface area contributed by atoms with Gasteiger partial charge in [-0.2, -0.15) is 4.57 Å². The molecule has 2 heterocycles. The average molecular weight is 504 g/mol. The number of aliphatic hydroxyl groups excluding tert-OH is 2. The summed E-state index contributed by atoms with van der Waals surface area (Å²) >= 11 is 3.29. The molecule has 9 heteroatoms. The molecular weight excluding hydrogens is 475 g/mol. The van der Waals surface area contributed by atoms with E-state index >= 15 is 0 Å². The second kappa shape index (κ2) is 11.2. The van der Waals surface area contributed by atoms with Crippen LogP contribution >= 0.6 is 23.1 Å². The number of halogens is 1. The Balaban J connectivity index is 1.67. The third-order valence-corrected chi connectivity index (χ3v) is 7.56. The fraction of sp³-hybridized carbons (Fsp3) is 0.320. The van der Waals surface area contributed by atoms with E-state index in [0.29, 0.717) is 18.8 Å². The molecule has 0 aliphatic carbocycles. The fourth-order valence-electron chi connectivity index (χ4n) is 3.84. The summed E-state index contributed by atoms with van der Waals surface area (Å²) in [5, 5.41) is 21.3. The maximum Gasteiger partial charge on any atom is 0.263 e. The molecule has 0 atom stereocenters. The normalized spacial score (nSPS) is 14.8. The first-order valence-corrected chi connectivity index (χ1v) is 12.6. The molecule has 0 bridgehead atoms. The number of fused-ring (bicyclic) bond motifs is 2. The Morgan fingerprint density at radius 3 is 2.71 bits per heavy atom. The van der Waals surface area contributed by atoms with E-state index in [9.17, 15) is 14.6 Å². The minimum Gasteiger partial charge on any atom is -0.497 e. The summed E-state index contributed by atoms with van der Waals surface area (Å²) < 4.78 is 26.6. The lowest BCUT2D eigenvalue weighted by Crippen LogP contribution is -2.36. The van der Waals surface area contributed by atoms with E-state index in [4.69, 9.17) is 9.47 Å². The van der Waals surface area contributed by atoms with Crippen molar-refractivity contribution in [1.82, 2.24) is 0 Å². The van der Waals surface area contributed by atoms with E-state index in [1.165, 1.54) is 0 Å². The lowest BCUT2D eigenvalue weighted by molar-refractivity contribution is -0.670. The lowest BCUT2D eigenvalue weighted by atomic mass is 10.2. The number of aromatic nitrogens is 1. The van der Waals surface area contributed by atoms with Gasteiger partial charge in [-0.25, -0.2) is 4.39 Å². The summed E-state index contributed by atoms with van der Waals surface area (Å²) in [6.45, 7) is 2.49. The molecule has 0 saturated carbocycles. The van der Waals surface area contributed by atoms with Crippen LogP contribution in [0.1, 0.15) is 11.9 Å². The van der Waals surface area contributed by atoms with Gasteiger partial charge in [-0.15, -0.1) is 0 Å². The molecule has 2 aromatic carbocycles. The molecule has 180 valence electrons. The summed E-state index contributed by atoms with van der Waals surface area (Å²) in [6.07, 6.45) is 4.20. The minimum atomic E-state index is -0.540. The number of aliphatic hydroxyl groups is 2. The molecule has 6 nitrogen and oxygen atoms in total. The van der Waals surface area contributed by atoms with Gasteiger partial charge in [0.2, 0.25) is 5.52 Å². The monoisotopic (exact) mass is 503 g/mol. The Morgan fingerprint density at radius 2 is 1.97 bits per heavy atom. The highest BCUT2D eigenvalue weighted by Crippen LogP contribution is 2.47. The summed E-state index contributed by atoms with van der Waals surface area (Å²) in [5.41, 5.74) is 3.01. The fourth-order valence-corrected chi connectivity index (χ4v) is 6.20. The van der Waals surface area contributed by atoms with Crippen LogP contribution in [0.3, 0.4) is 0 Å². The van der Waals surface area contributed by atoms with Crippen LogP contribution in [0.15, 0.2) is 58.0 Å². The van der Waals surface area contributed by atoms with E-state index in [1.807, 2.05) is 43.3 Å². The molecule has 0 fully saturated rings. The lowest BCUT2D eigenvalue weighted by Gasteiger charge is -2.19. The van der Waals surface area contributed by atoms with Crippen molar-refractivity contribution >= 4 is 45.1 Å². The van der Waals surface area contributed by atoms with Gasteiger partial charge in [0.05, 0.1) is 30.5 Å². The Kier molecular flexibility index (Phi) is 8.10. The van der Waals surface area contributed by atoms with E-state index in [1.54, 1.807) is 30.2 Å². The molecule has 0 radical (unpaired) electrons. The van der Waals surface area contributed by atoms with Crippen LogP contribution in [-0.2, 0) is 6.54 Å². The smallest absolute Gasteiger partial charge is 0.263 e. The number of alkyl halides is 1. The third kappa shape index (κ3) is 5.22. The predicted molar refractivity (Wildman–Crippen MR) is 136 cm³/mol. The van der Waals surface area contributed by atoms with Crippen LogP contribution in [0, 0.1) is 0 Å². The maximum atomic E-state index is 12.5. The van der Waals surface area contributed by atoms with Crippen molar-refractivity contribution in [2.24, 2.45) is 0 Å². The number of benzene rings is 2. The van der Waals surface area contributed by atoms with Crippen molar-refractivity contribution in [2.75, 3.05) is 45.0 Å². The van der Waals surface area contributed by atoms with Gasteiger partial charge in [-0.1, -0.05) is 23.1 Å². The highest BCUT2D eigenvalue weighted by Gasteiger charge is 2.26. The Morgan fingerprint density at radius 1 is 1.15 bits per heavy atom. The van der Waals surface area contributed by atoms with Crippen LogP contribution in [0.5, 0.6) is 11.5 Å². The molecule has 0 amide bonds. The average Bonchev–Trinajstić information content (AvgIpc) is 3.34. The van der Waals surface area contributed by atoms with Gasteiger partial charge >= 0.3 is 0 Å². The molecule has 0 saturated heterocycles. The number of hydrogen-bond acceptors (Lipinski definition) is 7. The van der Waals surface area contributed by atoms with Gasteiger partial charge in [-0.3, -0.25) is 0 Å². The topological polar surface area (TPSA) is 66.0 Å². The van der Waals surface area contributed by atoms with E-state index in [2.05, 4.69) is 21.6 Å². The molecule has 1 aliphatic rings. The minimum absolute atomic E-state index is 0.00428. The van der Waals surface area contributed by atoms with Crippen LogP contribution in [0.2, 0.25) is 0 Å². The quantitative estimate of drug-likeness (QED) is 0.400. The zero-order valence-electron chi connectivity index (χ0n) is 19.2. The molecule has 3 aromatic rings. The number of allylic oxidation sites excluding steroid dienone is 2. The molecule has 0 spiro atoms. The number of hydrogen-bond donors (Lipinski definition) is 2. The Bertz CT molecular complexity index is 1230. The van der Waals surface area contributed by atoms with Gasteiger partial charge in [0.25, 0.3) is 5.01 Å². The summed E-state index contributed by atoms with van der Waals surface area (Å²) in [5.74, 6) is 1.39. The third-order valence-electron chi connectivity index (χ3n) is 5.33. The number of anilines is 1. The molecule has 0 unspecified atom stereocenters. The van der Waals surface area contributed by atoms with Crippen LogP contribution in [-0.4, -0.2) is 50.4 Å². The number of β-amino-alcohol motifs (C(OH)–C–C–N with tert-alkyl or cyclic N) is 1. The highest BCUT2D eigenvalue weighted by molar-refractivity contribution is 8.03. The van der Waals surface area contributed by atoms with Crippen molar-refractivity contribution in [3.8, 4) is 11.5 Å². The number of thioether (sulfide) groups is 1. The van der Waals surface area contributed by atoms with Gasteiger partial charge in [-0.05, 0) is 42.8 Å². The Hall–Kier alpha value is -2.59. The van der Waals surface area contributed by atoms with E-state index in [-0.39, 0.29) is 19.8 Å². The van der Waals surface area contributed by atoms with E-state index < -0.39 is 6.67 Å². The van der Waals surface area contributed by atoms with Gasteiger partial charge < -0.3 is 24.6 Å². The number of methoxy groups -OCH3 is 1. The first-order valence-electron chi connectivity index (χ1n) is 11.0.